The van der Waals surface area contributed by atoms with Crippen LogP contribution in [0.15, 0.2) is 91.1 Å². The molecule has 36 heavy (non-hydrogen) atoms. The van der Waals surface area contributed by atoms with E-state index in [0.717, 1.165) is 53.7 Å². The van der Waals surface area contributed by atoms with Crippen molar-refractivity contribution in [1.82, 2.24) is 15.2 Å². The summed E-state index contributed by atoms with van der Waals surface area (Å²) in [7, 11) is 0. The van der Waals surface area contributed by atoms with E-state index in [4.69, 9.17) is 0 Å². The van der Waals surface area contributed by atoms with E-state index < -0.39 is 0 Å². The molecule has 4 heteroatoms. The van der Waals surface area contributed by atoms with Gasteiger partial charge in [-0.05, 0) is 62.1 Å². The Morgan fingerprint density at radius 2 is 1.75 bits per heavy atom. The molecule has 1 N–H and O–H groups in total. The highest BCUT2D eigenvalue weighted by molar-refractivity contribution is 5.95. The fourth-order valence-electron chi connectivity index (χ4n) is 5.23. The molecule has 3 aromatic carbocycles. The van der Waals surface area contributed by atoms with Crippen molar-refractivity contribution in [3.8, 4) is 0 Å². The van der Waals surface area contributed by atoms with Gasteiger partial charge >= 0.3 is 0 Å². The number of nitrogens with one attached hydrogen (secondary N) is 1. The predicted molar refractivity (Wildman–Crippen MR) is 148 cm³/mol. The number of likely N-dealkylation sites (tertiary alicyclic amines) is 1. The number of rotatable bonds is 6. The predicted octanol–water partition coefficient (Wildman–Crippen LogP) is 6.33. The Labute approximate surface area is 213 Å². The number of carbonyl (C=O) groups is 1. The number of benzene rings is 3. The summed E-state index contributed by atoms with van der Waals surface area (Å²) in [5.74, 6) is 0.114. The maximum absolute atomic E-state index is 13.6. The van der Waals surface area contributed by atoms with Gasteiger partial charge in [-0.1, -0.05) is 77.9 Å². The van der Waals surface area contributed by atoms with Crippen molar-refractivity contribution in [2.24, 2.45) is 0 Å². The molecular weight excluding hydrogens is 442 g/mol. The van der Waals surface area contributed by atoms with Crippen LogP contribution in [0.1, 0.15) is 45.5 Å². The number of nitrogens with zero attached hydrogens (tertiary/aromatic N) is 2. The van der Waals surface area contributed by atoms with E-state index in [0.29, 0.717) is 6.04 Å². The van der Waals surface area contributed by atoms with E-state index >= 15 is 0 Å². The van der Waals surface area contributed by atoms with Crippen LogP contribution in [0, 0.1) is 13.8 Å². The summed E-state index contributed by atoms with van der Waals surface area (Å²) in [4.78, 5) is 20.2. The number of aromatic nitrogens is 1. The minimum atomic E-state index is 0.0268. The van der Waals surface area contributed by atoms with Crippen molar-refractivity contribution in [3.05, 3.63) is 119 Å². The van der Waals surface area contributed by atoms with Gasteiger partial charge in [-0.15, -0.1) is 0 Å². The zero-order valence-electron chi connectivity index (χ0n) is 21.0. The van der Waals surface area contributed by atoms with E-state index in [1.165, 1.54) is 10.9 Å². The number of pyridine rings is 1. The standard InChI is InChI=1S/C32H33N3O/c1-23-18-24(2)20-27(19-23)32(36)35-17-15-28(21-29(35)13-12-25-8-4-3-5-9-25)34-22-26-14-16-33-31-11-7-6-10-30(26)31/h3-14,16,18-20,28-29,34H,15,17,21-22H2,1-2H3/t28-,29-/m0/s1. The van der Waals surface area contributed by atoms with Gasteiger partial charge in [0.2, 0.25) is 0 Å². The summed E-state index contributed by atoms with van der Waals surface area (Å²) >= 11 is 0. The number of para-hydroxylation sites is 1. The second-order valence-electron chi connectivity index (χ2n) is 9.80. The molecule has 1 amide bonds. The molecule has 1 aliphatic rings. The Balaban J connectivity index is 1.35. The molecule has 2 atom stereocenters. The fourth-order valence-corrected chi connectivity index (χ4v) is 5.23. The van der Waals surface area contributed by atoms with Gasteiger partial charge in [0.15, 0.2) is 0 Å². The molecule has 0 radical (unpaired) electrons. The lowest BCUT2D eigenvalue weighted by atomic mass is 9.94. The van der Waals surface area contributed by atoms with Gasteiger partial charge in [0.25, 0.3) is 5.91 Å². The number of fused-ring (bicyclic) bond motifs is 1. The van der Waals surface area contributed by atoms with Crippen LogP contribution in [0.4, 0.5) is 0 Å². The molecule has 1 aliphatic heterocycles. The van der Waals surface area contributed by atoms with Gasteiger partial charge < -0.3 is 10.2 Å². The number of piperidine rings is 1. The lowest BCUT2D eigenvalue weighted by molar-refractivity contribution is 0.0636. The van der Waals surface area contributed by atoms with Crippen LogP contribution in [-0.2, 0) is 6.54 Å². The topological polar surface area (TPSA) is 45.2 Å². The van der Waals surface area contributed by atoms with Crippen molar-refractivity contribution in [2.75, 3.05) is 6.54 Å². The van der Waals surface area contributed by atoms with E-state index in [1.54, 1.807) is 0 Å². The first-order chi connectivity index (χ1) is 17.6. The van der Waals surface area contributed by atoms with Crippen molar-refractivity contribution >= 4 is 22.9 Å². The number of hydrogen-bond donors (Lipinski definition) is 1. The second kappa shape index (κ2) is 10.9. The molecule has 1 saturated heterocycles. The highest BCUT2D eigenvalue weighted by atomic mass is 16.2. The molecule has 2 heterocycles. The van der Waals surface area contributed by atoms with Gasteiger partial charge in [-0.25, -0.2) is 0 Å². The molecule has 182 valence electrons. The number of aryl methyl sites for hydroxylation is 2. The summed E-state index contributed by atoms with van der Waals surface area (Å²) in [6.45, 7) is 5.61. The first-order valence-electron chi connectivity index (χ1n) is 12.8. The van der Waals surface area contributed by atoms with Crippen LogP contribution < -0.4 is 5.32 Å². The van der Waals surface area contributed by atoms with E-state index in [9.17, 15) is 4.79 Å². The van der Waals surface area contributed by atoms with Crippen LogP contribution in [0.5, 0.6) is 0 Å². The van der Waals surface area contributed by atoms with Crippen molar-refractivity contribution in [3.63, 3.8) is 0 Å². The van der Waals surface area contributed by atoms with Crippen molar-refractivity contribution < 1.29 is 4.79 Å². The zero-order valence-corrected chi connectivity index (χ0v) is 21.0. The maximum atomic E-state index is 13.6. The molecule has 0 aliphatic carbocycles. The zero-order chi connectivity index (χ0) is 24.9. The quantitative estimate of drug-likeness (QED) is 0.355. The lowest BCUT2D eigenvalue weighted by Crippen LogP contribution is -2.50. The van der Waals surface area contributed by atoms with Crippen LogP contribution in [0.2, 0.25) is 0 Å². The Kier molecular flexibility index (Phi) is 7.24. The lowest BCUT2D eigenvalue weighted by Gasteiger charge is -2.39. The summed E-state index contributed by atoms with van der Waals surface area (Å²) in [6, 6.07) is 27.2. The molecule has 0 saturated carbocycles. The first-order valence-corrected chi connectivity index (χ1v) is 12.8. The molecule has 4 nitrogen and oxygen atoms in total. The van der Waals surface area contributed by atoms with Crippen LogP contribution in [0.3, 0.4) is 0 Å². The summed E-state index contributed by atoms with van der Waals surface area (Å²) in [5.41, 5.74) is 6.45. The highest BCUT2D eigenvalue weighted by Gasteiger charge is 2.30. The maximum Gasteiger partial charge on any atom is 0.254 e. The highest BCUT2D eigenvalue weighted by Crippen LogP contribution is 2.24. The van der Waals surface area contributed by atoms with Crippen molar-refractivity contribution in [2.45, 2.75) is 45.3 Å². The normalized spacial score (nSPS) is 18.1. The molecule has 1 fully saturated rings. The van der Waals surface area contributed by atoms with E-state index in [-0.39, 0.29) is 11.9 Å². The SMILES string of the molecule is Cc1cc(C)cc(C(=O)N2CC[C@H](NCc3ccnc4ccccc34)C[C@@H]2C=Cc2ccccc2)c1. The molecule has 1 aromatic heterocycles. The van der Waals surface area contributed by atoms with Crippen molar-refractivity contribution in [1.29, 1.82) is 0 Å². The van der Waals surface area contributed by atoms with Crippen LogP contribution >= 0.6 is 0 Å². The average Bonchev–Trinajstić information content (AvgIpc) is 2.90. The molecular formula is C32H33N3O. The number of carbonyl (C=O) groups excluding carboxylic acids is 1. The second-order valence-corrected chi connectivity index (χ2v) is 9.80. The minimum Gasteiger partial charge on any atom is -0.332 e. The molecule has 4 aromatic rings. The Morgan fingerprint density at radius 3 is 2.56 bits per heavy atom. The molecule has 0 bridgehead atoms. The summed E-state index contributed by atoms with van der Waals surface area (Å²) in [6.07, 6.45) is 8.03. The molecule has 0 unspecified atom stereocenters. The average molecular weight is 476 g/mol. The van der Waals surface area contributed by atoms with E-state index in [2.05, 4.69) is 78.8 Å². The van der Waals surface area contributed by atoms with Gasteiger partial charge in [0, 0.05) is 36.3 Å². The van der Waals surface area contributed by atoms with Gasteiger partial charge in [0.1, 0.15) is 0 Å². The monoisotopic (exact) mass is 475 g/mol. The number of hydrogen-bond acceptors (Lipinski definition) is 3. The van der Waals surface area contributed by atoms with Crippen LogP contribution in [-0.4, -0.2) is 34.4 Å². The summed E-state index contributed by atoms with van der Waals surface area (Å²) in [5, 5.41) is 4.97. The summed E-state index contributed by atoms with van der Waals surface area (Å²) < 4.78 is 0. The third-order valence-corrected chi connectivity index (χ3v) is 7.01. The van der Waals surface area contributed by atoms with E-state index in [1.807, 2.05) is 47.5 Å². The van der Waals surface area contributed by atoms with Gasteiger partial charge in [-0.2, -0.15) is 0 Å². The first kappa shape index (κ1) is 24.0. The molecule has 5 rings (SSSR count). The largest absolute Gasteiger partial charge is 0.332 e. The Bertz CT molecular complexity index is 1350. The smallest absolute Gasteiger partial charge is 0.254 e. The Hall–Kier alpha value is -3.76. The number of amides is 1. The van der Waals surface area contributed by atoms with Crippen LogP contribution in [0.25, 0.3) is 17.0 Å². The third-order valence-electron chi connectivity index (χ3n) is 7.01. The fraction of sp³-hybridized carbons (Fsp3) is 0.250. The van der Waals surface area contributed by atoms with Gasteiger partial charge in [0.05, 0.1) is 11.6 Å². The Morgan fingerprint density at radius 1 is 1.00 bits per heavy atom. The minimum absolute atomic E-state index is 0.0268. The third kappa shape index (κ3) is 5.55. The van der Waals surface area contributed by atoms with Gasteiger partial charge in [-0.3, -0.25) is 9.78 Å². The molecule has 0 spiro atoms.